The highest BCUT2D eigenvalue weighted by molar-refractivity contribution is 5.95. The molecule has 0 unspecified atom stereocenters. The van der Waals surface area contributed by atoms with E-state index in [9.17, 15) is 4.79 Å². The normalized spacial score (nSPS) is 10.3. The number of aromatic nitrogens is 2. The summed E-state index contributed by atoms with van der Waals surface area (Å²) in [7, 11) is 1.66. The van der Waals surface area contributed by atoms with Crippen molar-refractivity contribution in [1.82, 2.24) is 20.4 Å². The van der Waals surface area contributed by atoms with Crippen LogP contribution in [0.3, 0.4) is 0 Å². The average Bonchev–Trinajstić information content (AvgIpc) is 2.92. The fourth-order valence-corrected chi connectivity index (χ4v) is 2.31. The van der Waals surface area contributed by atoms with Crippen LogP contribution in [0.5, 0.6) is 0 Å². The lowest BCUT2D eigenvalue weighted by Crippen LogP contribution is -2.33. The second-order valence-corrected chi connectivity index (χ2v) is 5.39. The van der Waals surface area contributed by atoms with Gasteiger partial charge in [-0.3, -0.25) is 4.79 Å². The molecule has 0 radical (unpaired) electrons. The molecule has 0 bridgehead atoms. The Bertz CT molecular complexity index is 658. The predicted octanol–water partition coefficient (Wildman–Crippen LogP) is 1.88. The van der Waals surface area contributed by atoms with Gasteiger partial charge in [0.25, 0.3) is 5.91 Å². The second kappa shape index (κ2) is 10.1. The van der Waals surface area contributed by atoms with Crippen molar-refractivity contribution in [2.45, 2.75) is 13.8 Å². The Morgan fingerprint density at radius 3 is 2.75 bits per heavy atom. The minimum atomic E-state index is -0.102. The minimum Gasteiger partial charge on any atom is -0.383 e. The van der Waals surface area contributed by atoms with Crippen LogP contribution < -0.4 is 10.6 Å². The van der Waals surface area contributed by atoms with Crippen LogP contribution in [0, 0.1) is 13.8 Å². The lowest BCUT2D eigenvalue weighted by molar-refractivity contribution is 0.0953. The first kappa shape index (κ1) is 20.2. The van der Waals surface area contributed by atoms with Crippen LogP contribution in [-0.2, 0) is 4.74 Å². The van der Waals surface area contributed by atoms with Crippen LogP contribution in [0.25, 0.3) is 5.69 Å². The number of nitrogens with zero attached hydrogens (tertiary/aromatic N) is 2. The maximum Gasteiger partial charge on any atom is 0.254 e. The number of aryl methyl sites for hydroxylation is 1. The Morgan fingerprint density at radius 2 is 2.04 bits per heavy atom. The summed E-state index contributed by atoms with van der Waals surface area (Å²) in [6.45, 7) is 6.65. The van der Waals surface area contributed by atoms with Crippen molar-refractivity contribution in [1.29, 1.82) is 0 Å². The number of nitrogens with one attached hydrogen (secondary N) is 2. The van der Waals surface area contributed by atoms with E-state index in [1.54, 1.807) is 18.0 Å². The number of amides is 1. The molecule has 2 aromatic rings. The number of rotatable bonds is 8. The summed E-state index contributed by atoms with van der Waals surface area (Å²) in [5.41, 5.74) is 3.55. The number of halogens is 1. The number of ether oxygens (including phenoxy) is 1. The molecule has 0 aliphatic carbocycles. The summed E-state index contributed by atoms with van der Waals surface area (Å²) in [5, 5.41) is 10.4. The zero-order valence-corrected chi connectivity index (χ0v) is 15.2. The van der Waals surface area contributed by atoms with Gasteiger partial charge in [0.2, 0.25) is 0 Å². The van der Waals surface area contributed by atoms with Gasteiger partial charge >= 0.3 is 0 Å². The highest BCUT2D eigenvalue weighted by Crippen LogP contribution is 2.15. The smallest absolute Gasteiger partial charge is 0.254 e. The van der Waals surface area contributed by atoms with Crippen LogP contribution in [0.2, 0.25) is 0 Å². The molecule has 0 saturated carbocycles. The number of methoxy groups -OCH3 is 1. The second-order valence-electron chi connectivity index (χ2n) is 5.39. The third-order valence-corrected chi connectivity index (χ3v) is 3.57. The van der Waals surface area contributed by atoms with Crippen molar-refractivity contribution in [3.63, 3.8) is 0 Å². The maximum absolute atomic E-state index is 12.2. The molecule has 0 spiro atoms. The van der Waals surface area contributed by atoms with Gasteiger partial charge in [-0.1, -0.05) is 12.1 Å². The molecule has 0 atom stereocenters. The molecular weight excluding hydrogens is 328 g/mol. The highest BCUT2D eigenvalue weighted by atomic mass is 35.5. The van der Waals surface area contributed by atoms with Crippen molar-refractivity contribution in [2.24, 2.45) is 0 Å². The zero-order valence-electron chi connectivity index (χ0n) is 14.3. The molecule has 0 aliphatic rings. The van der Waals surface area contributed by atoms with E-state index < -0.39 is 0 Å². The molecule has 1 aromatic heterocycles. The number of carbonyl (C=O) groups is 1. The van der Waals surface area contributed by atoms with E-state index in [-0.39, 0.29) is 18.3 Å². The van der Waals surface area contributed by atoms with E-state index in [0.29, 0.717) is 25.3 Å². The van der Waals surface area contributed by atoms with E-state index >= 15 is 0 Å². The topological polar surface area (TPSA) is 68.2 Å². The molecule has 2 N–H and O–H groups in total. The fraction of sp³-hybridized carbons (Fsp3) is 0.412. The Labute approximate surface area is 149 Å². The molecule has 1 amide bonds. The third kappa shape index (κ3) is 5.33. The third-order valence-electron chi connectivity index (χ3n) is 3.57. The number of carbonyl (C=O) groups excluding carboxylic acids is 1. The summed E-state index contributed by atoms with van der Waals surface area (Å²) in [6.07, 6.45) is 1.62. The maximum atomic E-state index is 12.2. The summed E-state index contributed by atoms with van der Waals surface area (Å²) in [5.74, 6) is -0.102. The Balaban J connectivity index is 0.00000288. The molecule has 0 fully saturated rings. The van der Waals surface area contributed by atoms with Crippen molar-refractivity contribution >= 4 is 18.3 Å². The first-order valence-corrected chi connectivity index (χ1v) is 7.73. The number of hydrogen-bond acceptors (Lipinski definition) is 4. The summed E-state index contributed by atoms with van der Waals surface area (Å²) < 4.78 is 6.74. The summed E-state index contributed by atoms with van der Waals surface area (Å²) in [6, 6.07) is 8.04. The van der Waals surface area contributed by atoms with Gasteiger partial charge in [-0.15, -0.1) is 12.4 Å². The van der Waals surface area contributed by atoms with E-state index in [4.69, 9.17) is 4.74 Å². The van der Waals surface area contributed by atoms with Crippen molar-refractivity contribution in [3.05, 3.63) is 47.3 Å². The molecule has 1 aromatic carbocycles. The van der Waals surface area contributed by atoms with Crippen LogP contribution >= 0.6 is 12.4 Å². The highest BCUT2D eigenvalue weighted by Gasteiger charge is 2.14. The van der Waals surface area contributed by atoms with Crippen LogP contribution in [-0.4, -0.2) is 49.0 Å². The van der Waals surface area contributed by atoms with E-state index in [1.807, 2.05) is 38.1 Å². The Kier molecular flexibility index (Phi) is 8.46. The van der Waals surface area contributed by atoms with Gasteiger partial charge in [-0.05, 0) is 31.5 Å². The number of benzene rings is 1. The molecule has 6 nitrogen and oxygen atoms in total. The molecule has 7 heteroatoms. The molecule has 0 saturated heterocycles. The summed E-state index contributed by atoms with van der Waals surface area (Å²) >= 11 is 0. The Morgan fingerprint density at radius 1 is 1.25 bits per heavy atom. The molecular formula is C17H25ClN4O2. The predicted molar refractivity (Wildman–Crippen MR) is 97.4 cm³/mol. The van der Waals surface area contributed by atoms with Gasteiger partial charge in [0.15, 0.2) is 0 Å². The lowest BCUT2D eigenvalue weighted by Gasteiger charge is -2.08. The zero-order chi connectivity index (χ0) is 16.7. The molecule has 24 heavy (non-hydrogen) atoms. The van der Waals surface area contributed by atoms with Crippen molar-refractivity contribution in [3.8, 4) is 5.69 Å². The monoisotopic (exact) mass is 352 g/mol. The quantitative estimate of drug-likeness (QED) is 0.712. The van der Waals surface area contributed by atoms with Gasteiger partial charge in [0.05, 0.1) is 29.7 Å². The van der Waals surface area contributed by atoms with Crippen LogP contribution in [0.15, 0.2) is 30.5 Å². The van der Waals surface area contributed by atoms with Gasteiger partial charge in [-0.25, -0.2) is 4.68 Å². The number of hydrogen-bond donors (Lipinski definition) is 2. The SMILES string of the molecule is COCCNCCNC(=O)c1cnn(-c2cccc(C)c2)c1C.Cl. The lowest BCUT2D eigenvalue weighted by atomic mass is 10.2. The van der Waals surface area contributed by atoms with Gasteiger partial charge in [-0.2, -0.15) is 5.10 Å². The van der Waals surface area contributed by atoms with E-state index in [2.05, 4.69) is 15.7 Å². The molecule has 2 rings (SSSR count). The molecule has 0 aliphatic heterocycles. The first-order valence-electron chi connectivity index (χ1n) is 7.73. The van der Waals surface area contributed by atoms with E-state index in [1.165, 1.54) is 0 Å². The molecule has 132 valence electrons. The van der Waals surface area contributed by atoms with Gasteiger partial charge < -0.3 is 15.4 Å². The van der Waals surface area contributed by atoms with Crippen LogP contribution in [0.4, 0.5) is 0 Å². The van der Waals surface area contributed by atoms with Crippen molar-refractivity contribution in [2.75, 3.05) is 33.4 Å². The van der Waals surface area contributed by atoms with Crippen LogP contribution in [0.1, 0.15) is 21.6 Å². The Hall–Kier alpha value is -1.89. The average molecular weight is 353 g/mol. The van der Waals surface area contributed by atoms with Gasteiger partial charge in [0.1, 0.15) is 0 Å². The first-order chi connectivity index (χ1) is 11.1. The van der Waals surface area contributed by atoms with Gasteiger partial charge in [0, 0.05) is 26.7 Å². The van der Waals surface area contributed by atoms with E-state index in [0.717, 1.165) is 23.5 Å². The van der Waals surface area contributed by atoms with Crippen molar-refractivity contribution < 1.29 is 9.53 Å². The standard InChI is InChI=1S/C17H24N4O2.ClH/c1-13-5-4-6-15(11-13)21-14(2)16(12-20-21)17(22)19-8-7-18-9-10-23-3;/h4-6,11-12,18H,7-10H2,1-3H3,(H,19,22);1H. The molecule has 1 heterocycles. The fourth-order valence-electron chi connectivity index (χ4n) is 2.31. The largest absolute Gasteiger partial charge is 0.383 e. The summed E-state index contributed by atoms with van der Waals surface area (Å²) in [4.78, 5) is 12.2. The minimum absolute atomic E-state index is 0.